The first-order valence-corrected chi connectivity index (χ1v) is 8.56. The minimum Gasteiger partial charge on any atom is -0.269 e. The molecule has 3 heteroatoms. The maximum absolute atomic E-state index is 4.83. The number of halogens is 1. The first-order chi connectivity index (χ1) is 8.96. The molecule has 1 fully saturated rings. The number of rotatable bonds is 5. The topological polar surface area (TPSA) is 17.8 Å². The molecule has 0 N–H and O–H groups in total. The molecule has 0 radical (unpaired) electrons. The van der Waals surface area contributed by atoms with Crippen molar-refractivity contribution in [2.45, 2.75) is 76.6 Å². The quantitative estimate of drug-likeness (QED) is 0.686. The largest absolute Gasteiger partial charge is 0.269 e. The fourth-order valence-corrected chi connectivity index (χ4v) is 4.22. The highest BCUT2D eigenvalue weighted by Crippen LogP contribution is 2.31. The van der Waals surface area contributed by atoms with Gasteiger partial charge in [-0.2, -0.15) is 5.10 Å². The number of nitrogens with zero attached hydrogens (tertiary/aromatic N) is 2. The molecule has 1 atom stereocenters. The van der Waals surface area contributed by atoms with E-state index in [1.54, 1.807) is 0 Å². The van der Waals surface area contributed by atoms with E-state index in [0.717, 1.165) is 6.42 Å². The molecule has 1 aromatic rings. The van der Waals surface area contributed by atoms with Gasteiger partial charge in [-0.15, -0.1) is 0 Å². The van der Waals surface area contributed by atoms with E-state index < -0.39 is 0 Å². The molecule has 19 heavy (non-hydrogen) atoms. The lowest BCUT2D eigenvalue weighted by Crippen LogP contribution is -2.19. The lowest BCUT2D eigenvalue weighted by atomic mass is 9.83. The molecule has 0 amide bonds. The summed E-state index contributed by atoms with van der Waals surface area (Å²) in [5, 5.41) is 4.83. The number of hydrogen-bond donors (Lipinski definition) is 0. The second-order valence-electron chi connectivity index (χ2n) is 6.90. The van der Waals surface area contributed by atoms with Gasteiger partial charge in [-0.05, 0) is 37.2 Å². The predicted molar refractivity (Wildman–Crippen MR) is 84.8 cm³/mol. The van der Waals surface area contributed by atoms with Crippen LogP contribution in [0.25, 0.3) is 0 Å². The summed E-state index contributed by atoms with van der Waals surface area (Å²) in [5.41, 5.74) is 1.57. The summed E-state index contributed by atoms with van der Waals surface area (Å²) in [4.78, 5) is 0.572. The average Bonchev–Trinajstić information content (AvgIpc) is 2.76. The average molecular weight is 327 g/mol. The van der Waals surface area contributed by atoms with Crippen molar-refractivity contribution < 1.29 is 0 Å². The Hall–Kier alpha value is -0.310. The SMILES string of the molecule is CC(Br)CC(C)(C)Cc1ccn(C2CCCCC2)n1. The van der Waals surface area contributed by atoms with Gasteiger partial charge in [0.1, 0.15) is 0 Å². The molecule has 0 aliphatic heterocycles. The van der Waals surface area contributed by atoms with Crippen molar-refractivity contribution in [3.63, 3.8) is 0 Å². The molecular formula is C16H27BrN2. The number of hydrogen-bond acceptors (Lipinski definition) is 1. The molecule has 1 aromatic heterocycles. The molecule has 0 spiro atoms. The Kier molecular flexibility index (Phi) is 5.10. The minimum atomic E-state index is 0.314. The second kappa shape index (κ2) is 6.43. The van der Waals surface area contributed by atoms with E-state index in [0.29, 0.717) is 16.3 Å². The third-order valence-corrected chi connectivity index (χ3v) is 4.43. The summed E-state index contributed by atoms with van der Waals surface area (Å²) >= 11 is 3.67. The fourth-order valence-electron chi connectivity index (χ4n) is 3.34. The van der Waals surface area contributed by atoms with Crippen LogP contribution in [0.15, 0.2) is 12.3 Å². The molecule has 0 aromatic carbocycles. The Balaban J connectivity index is 1.96. The highest BCUT2D eigenvalue weighted by atomic mass is 79.9. The van der Waals surface area contributed by atoms with Gasteiger partial charge in [-0.3, -0.25) is 4.68 Å². The van der Waals surface area contributed by atoms with Gasteiger partial charge in [0.2, 0.25) is 0 Å². The van der Waals surface area contributed by atoms with Crippen molar-refractivity contribution in [2.75, 3.05) is 0 Å². The highest BCUT2D eigenvalue weighted by Gasteiger charge is 2.23. The molecule has 1 unspecified atom stereocenters. The van der Waals surface area contributed by atoms with Crippen molar-refractivity contribution in [3.05, 3.63) is 18.0 Å². The van der Waals surface area contributed by atoms with Crippen LogP contribution in [0.1, 0.15) is 71.0 Å². The molecule has 1 aliphatic carbocycles. The Bertz CT molecular complexity index is 389. The summed E-state index contributed by atoms with van der Waals surface area (Å²) in [6, 6.07) is 2.87. The van der Waals surface area contributed by atoms with Crippen LogP contribution in [0.3, 0.4) is 0 Å². The van der Waals surface area contributed by atoms with Crippen LogP contribution >= 0.6 is 15.9 Å². The summed E-state index contributed by atoms with van der Waals surface area (Å²) in [6.45, 7) is 6.90. The van der Waals surface area contributed by atoms with Crippen LogP contribution < -0.4 is 0 Å². The van der Waals surface area contributed by atoms with Gasteiger partial charge in [0.05, 0.1) is 11.7 Å². The molecule has 0 bridgehead atoms. The van der Waals surface area contributed by atoms with Crippen molar-refractivity contribution in [2.24, 2.45) is 5.41 Å². The van der Waals surface area contributed by atoms with Gasteiger partial charge in [0.15, 0.2) is 0 Å². The van der Waals surface area contributed by atoms with Crippen molar-refractivity contribution >= 4 is 15.9 Å². The third-order valence-electron chi connectivity index (χ3n) is 4.11. The van der Waals surface area contributed by atoms with Gasteiger partial charge >= 0.3 is 0 Å². The van der Waals surface area contributed by atoms with E-state index >= 15 is 0 Å². The summed E-state index contributed by atoms with van der Waals surface area (Å²) in [6.07, 6.45) is 11.2. The standard InChI is InChI=1S/C16H27BrN2/c1-13(17)11-16(2,3)12-14-9-10-19(18-14)15-7-5-4-6-8-15/h9-10,13,15H,4-8,11-12H2,1-3H3. The highest BCUT2D eigenvalue weighted by molar-refractivity contribution is 9.09. The van der Waals surface area contributed by atoms with E-state index in [4.69, 9.17) is 5.10 Å². The van der Waals surface area contributed by atoms with Gasteiger partial charge < -0.3 is 0 Å². The van der Waals surface area contributed by atoms with E-state index in [1.807, 2.05) is 0 Å². The van der Waals surface area contributed by atoms with Crippen LogP contribution in [-0.4, -0.2) is 14.6 Å². The second-order valence-corrected chi connectivity index (χ2v) is 8.47. The first kappa shape index (κ1) is 15.1. The Morgan fingerprint density at radius 2 is 2.05 bits per heavy atom. The summed E-state index contributed by atoms with van der Waals surface area (Å²) in [7, 11) is 0. The molecule has 1 saturated carbocycles. The predicted octanol–water partition coefficient (Wildman–Crippen LogP) is 5.13. The van der Waals surface area contributed by atoms with Gasteiger partial charge in [-0.1, -0.05) is 56.0 Å². The normalized spacial score (nSPS) is 19.6. The Morgan fingerprint density at radius 3 is 2.68 bits per heavy atom. The van der Waals surface area contributed by atoms with Crippen LogP contribution in [0.5, 0.6) is 0 Å². The molecule has 2 nitrogen and oxygen atoms in total. The van der Waals surface area contributed by atoms with Crippen LogP contribution in [0.2, 0.25) is 0 Å². The zero-order chi connectivity index (χ0) is 13.9. The van der Waals surface area contributed by atoms with Gasteiger partial charge in [0, 0.05) is 11.0 Å². The van der Waals surface area contributed by atoms with Crippen LogP contribution in [0, 0.1) is 5.41 Å². The van der Waals surface area contributed by atoms with Crippen molar-refractivity contribution in [1.82, 2.24) is 9.78 Å². The minimum absolute atomic E-state index is 0.314. The molecule has 0 saturated heterocycles. The maximum Gasteiger partial charge on any atom is 0.0630 e. The van der Waals surface area contributed by atoms with Gasteiger partial charge in [0.25, 0.3) is 0 Å². The molecule has 108 valence electrons. The lowest BCUT2D eigenvalue weighted by molar-refractivity contribution is 0.313. The first-order valence-electron chi connectivity index (χ1n) is 7.64. The van der Waals surface area contributed by atoms with E-state index in [-0.39, 0.29) is 0 Å². The maximum atomic E-state index is 4.83. The monoisotopic (exact) mass is 326 g/mol. The summed E-state index contributed by atoms with van der Waals surface area (Å²) < 4.78 is 2.22. The van der Waals surface area contributed by atoms with E-state index in [9.17, 15) is 0 Å². The van der Waals surface area contributed by atoms with Crippen LogP contribution in [-0.2, 0) is 6.42 Å². The molecule has 2 rings (SSSR count). The Morgan fingerprint density at radius 1 is 1.37 bits per heavy atom. The van der Waals surface area contributed by atoms with E-state index in [2.05, 4.69) is 53.6 Å². The van der Waals surface area contributed by atoms with Crippen molar-refractivity contribution in [1.29, 1.82) is 0 Å². The number of alkyl halides is 1. The summed E-state index contributed by atoms with van der Waals surface area (Å²) in [5.74, 6) is 0. The zero-order valence-corrected chi connectivity index (χ0v) is 14.1. The smallest absolute Gasteiger partial charge is 0.0630 e. The zero-order valence-electron chi connectivity index (χ0n) is 12.5. The van der Waals surface area contributed by atoms with Crippen molar-refractivity contribution in [3.8, 4) is 0 Å². The van der Waals surface area contributed by atoms with E-state index in [1.165, 1.54) is 44.2 Å². The third kappa shape index (κ3) is 4.62. The van der Waals surface area contributed by atoms with Crippen LogP contribution in [0.4, 0.5) is 0 Å². The molecular weight excluding hydrogens is 300 g/mol. The molecule has 1 heterocycles. The lowest BCUT2D eigenvalue weighted by Gasteiger charge is -2.25. The van der Waals surface area contributed by atoms with Gasteiger partial charge in [-0.25, -0.2) is 0 Å². The number of aromatic nitrogens is 2. The molecule has 1 aliphatic rings. The fraction of sp³-hybridized carbons (Fsp3) is 0.812. The Labute approximate surface area is 126 Å².